The molecule has 0 radical (unpaired) electrons. The van der Waals surface area contributed by atoms with Gasteiger partial charge in [0.05, 0.1) is 19.7 Å². The summed E-state index contributed by atoms with van der Waals surface area (Å²) in [6, 6.07) is 3.64. The van der Waals surface area contributed by atoms with Gasteiger partial charge in [-0.3, -0.25) is 4.79 Å². The van der Waals surface area contributed by atoms with Crippen molar-refractivity contribution >= 4 is 34.7 Å². The highest BCUT2D eigenvalue weighted by Crippen LogP contribution is 2.35. The van der Waals surface area contributed by atoms with Gasteiger partial charge in [-0.05, 0) is 17.7 Å². The number of rotatable bonds is 4. The fraction of sp³-hybridized carbons (Fsp3) is 0.400. The van der Waals surface area contributed by atoms with Crippen LogP contribution in [0.25, 0.3) is 10.9 Å². The summed E-state index contributed by atoms with van der Waals surface area (Å²) in [4.78, 5) is 23.3. The Bertz CT molecular complexity index is 732. The molecule has 1 aliphatic heterocycles. The number of aromatic nitrogens is 2. The van der Waals surface area contributed by atoms with E-state index in [-0.39, 0.29) is 5.28 Å². The monoisotopic (exact) mass is 336 g/mol. The summed E-state index contributed by atoms with van der Waals surface area (Å²) in [5, 5.41) is 1.02. The summed E-state index contributed by atoms with van der Waals surface area (Å²) in [5.41, 5.74) is 0.690. The number of halogens is 1. The molecule has 1 aromatic heterocycles. The number of fused-ring (bicyclic) bond motifs is 1. The number of hydrogen-bond donors (Lipinski definition) is 0. The van der Waals surface area contributed by atoms with E-state index in [2.05, 4.69) is 14.9 Å². The third kappa shape index (κ3) is 2.96. The summed E-state index contributed by atoms with van der Waals surface area (Å²) in [7, 11) is 3.16. The average molecular weight is 337 g/mol. The van der Waals surface area contributed by atoms with Crippen LogP contribution in [0.5, 0.6) is 11.5 Å². The van der Waals surface area contributed by atoms with Gasteiger partial charge in [0, 0.05) is 37.6 Å². The van der Waals surface area contributed by atoms with Crippen molar-refractivity contribution in [2.45, 2.75) is 0 Å². The van der Waals surface area contributed by atoms with Gasteiger partial charge in [0.25, 0.3) is 0 Å². The van der Waals surface area contributed by atoms with Gasteiger partial charge in [-0.15, -0.1) is 0 Å². The molecule has 0 saturated carbocycles. The van der Waals surface area contributed by atoms with Gasteiger partial charge in [-0.25, -0.2) is 4.98 Å². The first kappa shape index (κ1) is 15.6. The maximum Gasteiger partial charge on any atom is 0.224 e. The van der Waals surface area contributed by atoms with Crippen molar-refractivity contribution in [1.29, 1.82) is 0 Å². The SMILES string of the molecule is COc1cc2nc(Cl)nc(N3CCN(C=O)CC3)c2cc1OC. The first-order chi connectivity index (χ1) is 11.2. The molecule has 3 rings (SSSR count). The first-order valence-electron chi connectivity index (χ1n) is 7.20. The summed E-state index contributed by atoms with van der Waals surface area (Å²) >= 11 is 6.08. The van der Waals surface area contributed by atoms with Crippen molar-refractivity contribution in [1.82, 2.24) is 14.9 Å². The van der Waals surface area contributed by atoms with Crippen LogP contribution in [0.2, 0.25) is 5.28 Å². The molecule has 1 amide bonds. The van der Waals surface area contributed by atoms with Crippen molar-refractivity contribution in [3.63, 3.8) is 0 Å². The second-order valence-electron chi connectivity index (χ2n) is 5.17. The second kappa shape index (κ2) is 6.45. The molecule has 2 heterocycles. The van der Waals surface area contributed by atoms with E-state index in [1.165, 1.54) is 0 Å². The molecule has 0 bridgehead atoms. The van der Waals surface area contributed by atoms with E-state index in [1.54, 1.807) is 25.2 Å². The van der Waals surface area contributed by atoms with Crippen molar-refractivity contribution in [3.8, 4) is 11.5 Å². The lowest BCUT2D eigenvalue weighted by atomic mass is 10.2. The predicted octanol–water partition coefficient (Wildman–Crippen LogP) is 1.58. The van der Waals surface area contributed by atoms with E-state index in [0.717, 1.165) is 17.6 Å². The second-order valence-corrected chi connectivity index (χ2v) is 5.51. The van der Waals surface area contributed by atoms with Gasteiger partial charge in [-0.2, -0.15) is 4.98 Å². The Balaban J connectivity index is 2.07. The number of hydrogen-bond acceptors (Lipinski definition) is 6. The molecule has 0 unspecified atom stereocenters. The number of methoxy groups -OCH3 is 2. The van der Waals surface area contributed by atoms with E-state index < -0.39 is 0 Å². The minimum Gasteiger partial charge on any atom is -0.493 e. The Labute approximate surface area is 138 Å². The summed E-state index contributed by atoms with van der Waals surface area (Å²) in [6.45, 7) is 2.69. The zero-order valence-electron chi connectivity index (χ0n) is 13.0. The van der Waals surface area contributed by atoms with Crippen molar-refractivity contribution < 1.29 is 14.3 Å². The Hall–Kier alpha value is -2.28. The van der Waals surface area contributed by atoms with Gasteiger partial charge in [0.15, 0.2) is 11.5 Å². The summed E-state index contributed by atoms with van der Waals surface area (Å²) in [6.07, 6.45) is 0.871. The van der Waals surface area contributed by atoms with Crippen LogP contribution in [0.3, 0.4) is 0 Å². The van der Waals surface area contributed by atoms with Crippen LogP contribution in [0, 0.1) is 0 Å². The molecular weight excluding hydrogens is 320 g/mol. The van der Waals surface area contributed by atoms with Gasteiger partial charge >= 0.3 is 0 Å². The van der Waals surface area contributed by atoms with Crippen LogP contribution in [-0.2, 0) is 4.79 Å². The highest BCUT2D eigenvalue weighted by atomic mass is 35.5. The Kier molecular flexibility index (Phi) is 4.38. The average Bonchev–Trinajstić information content (AvgIpc) is 2.59. The third-order valence-electron chi connectivity index (χ3n) is 3.92. The van der Waals surface area contributed by atoms with Crippen LogP contribution < -0.4 is 14.4 Å². The van der Waals surface area contributed by atoms with E-state index in [0.29, 0.717) is 43.2 Å². The Morgan fingerprint density at radius 2 is 1.74 bits per heavy atom. The Morgan fingerprint density at radius 3 is 2.35 bits per heavy atom. The molecule has 8 heteroatoms. The van der Waals surface area contributed by atoms with Gasteiger partial charge in [-0.1, -0.05) is 0 Å². The minimum atomic E-state index is 0.178. The fourth-order valence-corrected chi connectivity index (χ4v) is 2.86. The molecule has 0 spiro atoms. The molecule has 1 fully saturated rings. The summed E-state index contributed by atoms with van der Waals surface area (Å²) in [5.74, 6) is 1.94. The van der Waals surface area contributed by atoms with Gasteiger partial charge in [0.2, 0.25) is 11.7 Å². The number of benzene rings is 1. The van der Waals surface area contributed by atoms with Crippen molar-refractivity contribution in [2.24, 2.45) is 0 Å². The lowest BCUT2D eigenvalue weighted by Gasteiger charge is -2.33. The minimum absolute atomic E-state index is 0.178. The first-order valence-corrected chi connectivity index (χ1v) is 7.57. The third-order valence-corrected chi connectivity index (χ3v) is 4.09. The molecule has 0 N–H and O–H groups in total. The maximum atomic E-state index is 10.9. The van der Waals surface area contributed by atoms with Gasteiger partial charge < -0.3 is 19.3 Å². The van der Waals surface area contributed by atoms with Crippen molar-refractivity contribution in [2.75, 3.05) is 45.3 Å². The largest absolute Gasteiger partial charge is 0.493 e. The molecule has 2 aromatic rings. The lowest BCUT2D eigenvalue weighted by Crippen LogP contribution is -2.46. The molecule has 1 saturated heterocycles. The lowest BCUT2D eigenvalue weighted by molar-refractivity contribution is -0.118. The van der Waals surface area contributed by atoms with Gasteiger partial charge in [0.1, 0.15) is 5.82 Å². The number of nitrogens with zero attached hydrogens (tertiary/aromatic N) is 4. The molecule has 0 aliphatic carbocycles. The smallest absolute Gasteiger partial charge is 0.224 e. The van der Waals surface area contributed by atoms with Crippen LogP contribution >= 0.6 is 11.6 Å². The van der Waals surface area contributed by atoms with Crippen molar-refractivity contribution in [3.05, 3.63) is 17.4 Å². The molecule has 0 atom stereocenters. The number of carbonyl (C=O) groups excluding carboxylic acids is 1. The molecule has 122 valence electrons. The van der Waals surface area contributed by atoms with Crippen LogP contribution in [-0.4, -0.2) is 61.7 Å². The topological polar surface area (TPSA) is 67.8 Å². The molecule has 1 aliphatic rings. The van der Waals surface area contributed by atoms with E-state index in [1.807, 2.05) is 6.07 Å². The van der Waals surface area contributed by atoms with Crippen LogP contribution in [0.4, 0.5) is 5.82 Å². The maximum absolute atomic E-state index is 10.9. The number of anilines is 1. The molecule has 1 aromatic carbocycles. The number of amides is 1. The molecule has 7 nitrogen and oxygen atoms in total. The molecular formula is C15H17ClN4O3. The quantitative estimate of drug-likeness (QED) is 0.624. The zero-order chi connectivity index (χ0) is 16.4. The fourth-order valence-electron chi connectivity index (χ4n) is 2.69. The summed E-state index contributed by atoms with van der Waals surface area (Å²) < 4.78 is 10.7. The van der Waals surface area contributed by atoms with E-state index in [9.17, 15) is 4.79 Å². The number of piperazine rings is 1. The highest BCUT2D eigenvalue weighted by molar-refractivity contribution is 6.28. The zero-order valence-corrected chi connectivity index (χ0v) is 13.7. The number of carbonyl (C=O) groups is 1. The Morgan fingerprint density at radius 1 is 1.09 bits per heavy atom. The normalized spacial score (nSPS) is 14.9. The van der Waals surface area contributed by atoms with Crippen LogP contribution in [0.15, 0.2) is 12.1 Å². The standard InChI is InChI=1S/C15H17ClN4O3/c1-22-12-7-10-11(8-13(12)23-2)17-15(16)18-14(10)20-5-3-19(9-21)4-6-20/h7-9H,3-6H2,1-2H3. The molecule has 23 heavy (non-hydrogen) atoms. The predicted molar refractivity (Wildman–Crippen MR) is 87.5 cm³/mol. The highest BCUT2D eigenvalue weighted by Gasteiger charge is 2.21. The van der Waals surface area contributed by atoms with Crippen LogP contribution in [0.1, 0.15) is 0 Å². The van der Waals surface area contributed by atoms with E-state index in [4.69, 9.17) is 21.1 Å². The van der Waals surface area contributed by atoms with E-state index >= 15 is 0 Å². The number of ether oxygens (including phenoxy) is 2.